The number of nitrogens with two attached hydrogens (primary N) is 1. The smallest absolute Gasteiger partial charge is 0.254 e. The summed E-state index contributed by atoms with van der Waals surface area (Å²) in [6.07, 6.45) is 9.89. The molecule has 0 saturated carbocycles. The van der Waals surface area contributed by atoms with Gasteiger partial charge in [-0.05, 0) is 33.6 Å². The summed E-state index contributed by atoms with van der Waals surface area (Å²) in [5, 5.41) is 11.4. The van der Waals surface area contributed by atoms with Crippen LogP contribution in [-0.4, -0.2) is 31.9 Å². The number of unbranched alkanes of at least 4 members (excludes halogenated alkanes) is 1. The lowest BCUT2D eigenvalue weighted by Gasteiger charge is -2.18. The first kappa shape index (κ1) is 19.1. The van der Waals surface area contributed by atoms with Crippen LogP contribution in [0.15, 0.2) is 36.3 Å². The summed E-state index contributed by atoms with van der Waals surface area (Å²) >= 11 is 0. The van der Waals surface area contributed by atoms with Crippen LogP contribution >= 0.6 is 0 Å². The van der Waals surface area contributed by atoms with Gasteiger partial charge in [0, 0.05) is 18.6 Å². The minimum atomic E-state index is -0.638. The molecule has 0 aliphatic carbocycles. The second-order valence-corrected chi connectivity index (χ2v) is 6.58. The maximum atomic E-state index is 11.5. The van der Waals surface area contributed by atoms with Crippen molar-refractivity contribution in [1.82, 2.24) is 19.7 Å². The summed E-state index contributed by atoms with van der Waals surface area (Å²) in [5.74, 6) is -0.110. The van der Waals surface area contributed by atoms with Crippen molar-refractivity contribution < 1.29 is 4.79 Å². The van der Waals surface area contributed by atoms with Crippen molar-refractivity contribution >= 4 is 29.6 Å². The molecule has 0 unspecified atom stereocenters. The van der Waals surface area contributed by atoms with Gasteiger partial charge in [-0.2, -0.15) is 15.2 Å². The summed E-state index contributed by atoms with van der Waals surface area (Å²) in [6, 6.07) is 0. The van der Waals surface area contributed by atoms with E-state index in [1.165, 1.54) is 6.20 Å². The molecule has 2 aromatic heterocycles. The Bertz CT molecular complexity index is 803. The third kappa shape index (κ3) is 5.13. The molecule has 26 heavy (non-hydrogen) atoms. The van der Waals surface area contributed by atoms with Crippen molar-refractivity contribution in [2.45, 2.75) is 39.2 Å². The van der Waals surface area contributed by atoms with Gasteiger partial charge in [-0.15, -0.1) is 6.58 Å². The monoisotopic (exact) mass is 356 g/mol. The molecule has 138 valence electrons. The maximum absolute atomic E-state index is 11.5. The van der Waals surface area contributed by atoms with Gasteiger partial charge in [0.25, 0.3) is 5.91 Å². The number of allylic oxidation sites excluding steroid dienone is 1. The van der Waals surface area contributed by atoms with Gasteiger partial charge in [-0.3, -0.25) is 14.9 Å². The molecule has 0 aliphatic rings. The summed E-state index contributed by atoms with van der Waals surface area (Å²) in [6.45, 7) is 9.79. The zero-order valence-corrected chi connectivity index (χ0v) is 15.2. The Morgan fingerprint density at radius 1 is 1.38 bits per heavy atom. The molecule has 9 nitrogen and oxygen atoms in total. The summed E-state index contributed by atoms with van der Waals surface area (Å²) in [4.78, 5) is 19.9. The van der Waals surface area contributed by atoms with Crippen LogP contribution < -0.4 is 16.5 Å². The van der Waals surface area contributed by atoms with Gasteiger partial charge >= 0.3 is 0 Å². The minimum Gasteiger partial charge on any atom is -0.365 e. The Morgan fingerprint density at radius 2 is 2.15 bits per heavy atom. The van der Waals surface area contributed by atoms with E-state index in [0.717, 1.165) is 18.5 Å². The highest BCUT2D eigenvalue weighted by Crippen LogP contribution is 2.20. The molecule has 4 N–H and O–H groups in total. The van der Waals surface area contributed by atoms with Crippen LogP contribution in [0.5, 0.6) is 0 Å². The van der Waals surface area contributed by atoms with Crippen LogP contribution in [0, 0.1) is 0 Å². The first-order valence-corrected chi connectivity index (χ1v) is 8.18. The van der Waals surface area contributed by atoms with Crippen molar-refractivity contribution in [3.05, 3.63) is 36.8 Å². The fourth-order valence-electron chi connectivity index (χ4n) is 1.95. The van der Waals surface area contributed by atoms with Crippen LogP contribution in [0.2, 0.25) is 0 Å². The van der Waals surface area contributed by atoms with Crippen molar-refractivity contribution in [2.24, 2.45) is 10.8 Å². The fourth-order valence-corrected chi connectivity index (χ4v) is 1.95. The lowest BCUT2D eigenvalue weighted by atomic mass is 10.1. The van der Waals surface area contributed by atoms with Gasteiger partial charge in [0.1, 0.15) is 5.56 Å². The number of nitrogens with one attached hydrogen (secondary N) is 2. The molecule has 2 aromatic rings. The number of anilines is 3. The van der Waals surface area contributed by atoms with E-state index in [1.54, 1.807) is 18.5 Å². The summed E-state index contributed by atoms with van der Waals surface area (Å²) in [7, 11) is 0. The molecule has 1 amide bonds. The van der Waals surface area contributed by atoms with E-state index in [2.05, 4.69) is 37.5 Å². The predicted octanol–water partition coefficient (Wildman–Crippen LogP) is 2.63. The van der Waals surface area contributed by atoms with Gasteiger partial charge in [-0.1, -0.05) is 6.08 Å². The van der Waals surface area contributed by atoms with Gasteiger partial charge in [0.2, 0.25) is 5.95 Å². The molecule has 0 atom stereocenters. The van der Waals surface area contributed by atoms with Gasteiger partial charge in [-0.25, -0.2) is 4.98 Å². The summed E-state index contributed by atoms with van der Waals surface area (Å²) in [5.41, 5.74) is 8.84. The van der Waals surface area contributed by atoms with Gasteiger partial charge in [0.05, 0.1) is 17.4 Å². The number of hydrazone groups is 1. The average molecular weight is 356 g/mol. The van der Waals surface area contributed by atoms with Crippen molar-refractivity contribution in [3.8, 4) is 0 Å². The number of carbonyl (C=O) groups excluding carboxylic acids is 1. The number of carbonyl (C=O) groups is 1. The standard InChI is InChI=1S/C17H24N8O/c1-5-6-7-8-20-24-15-13(14(18)26)10-19-16(23-15)22-12-9-21-25(11-12)17(2,3)4/h5,8-11H,1,6-7H2,2-4H3,(H2,18,26)(H2,19,22,23,24)/b20-8+. The van der Waals surface area contributed by atoms with Crippen molar-refractivity contribution in [1.29, 1.82) is 0 Å². The largest absolute Gasteiger partial charge is 0.365 e. The highest BCUT2D eigenvalue weighted by Gasteiger charge is 2.15. The third-order valence-electron chi connectivity index (χ3n) is 3.34. The molecular formula is C17H24N8O. The van der Waals surface area contributed by atoms with Crippen LogP contribution in [-0.2, 0) is 5.54 Å². The molecule has 0 aliphatic heterocycles. The Hall–Kier alpha value is -3.23. The highest BCUT2D eigenvalue weighted by atomic mass is 16.1. The Morgan fingerprint density at radius 3 is 2.77 bits per heavy atom. The second kappa shape index (κ2) is 8.24. The molecule has 0 saturated heterocycles. The molecule has 2 rings (SSSR count). The maximum Gasteiger partial charge on any atom is 0.254 e. The summed E-state index contributed by atoms with van der Waals surface area (Å²) < 4.78 is 1.83. The molecule has 0 fully saturated rings. The van der Waals surface area contributed by atoms with Crippen molar-refractivity contribution in [2.75, 3.05) is 10.7 Å². The number of primary amides is 1. The van der Waals surface area contributed by atoms with E-state index in [-0.39, 0.29) is 16.9 Å². The van der Waals surface area contributed by atoms with E-state index in [9.17, 15) is 4.79 Å². The average Bonchev–Trinajstić information content (AvgIpc) is 3.03. The Labute approximate surface area is 152 Å². The van der Waals surface area contributed by atoms with E-state index in [4.69, 9.17) is 5.73 Å². The number of aromatic nitrogens is 4. The number of hydrogen-bond donors (Lipinski definition) is 3. The molecular weight excluding hydrogens is 332 g/mol. The van der Waals surface area contributed by atoms with Crippen molar-refractivity contribution in [3.63, 3.8) is 0 Å². The molecule has 2 heterocycles. The normalized spacial score (nSPS) is 11.5. The Kier molecular flexibility index (Phi) is 6.05. The van der Waals surface area contributed by atoms with Crippen LogP contribution in [0.25, 0.3) is 0 Å². The van der Waals surface area contributed by atoms with Gasteiger partial charge in [0.15, 0.2) is 5.82 Å². The van der Waals surface area contributed by atoms with E-state index >= 15 is 0 Å². The van der Waals surface area contributed by atoms with E-state index < -0.39 is 5.91 Å². The first-order chi connectivity index (χ1) is 12.3. The van der Waals surface area contributed by atoms with Crippen LogP contribution in [0.1, 0.15) is 44.0 Å². The molecule has 0 radical (unpaired) electrons. The van der Waals surface area contributed by atoms with E-state index in [1.807, 2.05) is 31.6 Å². The van der Waals surface area contributed by atoms with Crippen LogP contribution in [0.3, 0.4) is 0 Å². The minimum absolute atomic E-state index is 0.135. The molecule has 0 aromatic carbocycles. The second-order valence-electron chi connectivity index (χ2n) is 6.58. The quantitative estimate of drug-likeness (QED) is 0.289. The first-order valence-electron chi connectivity index (χ1n) is 8.18. The molecule has 9 heteroatoms. The van der Waals surface area contributed by atoms with E-state index in [0.29, 0.717) is 5.95 Å². The zero-order valence-electron chi connectivity index (χ0n) is 15.2. The fraction of sp³-hybridized carbons (Fsp3) is 0.353. The lowest BCUT2D eigenvalue weighted by Crippen LogP contribution is -2.21. The molecule has 0 spiro atoms. The van der Waals surface area contributed by atoms with Crippen LogP contribution in [0.4, 0.5) is 17.5 Å². The zero-order chi connectivity index (χ0) is 19.2. The molecule has 0 bridgehead atoms. The van der Waals surface area contributed by atoms with Gasteiger partial charge < -0.3 is 11.1 Å². The Balaban J connectivity index is 2.17. The number of rotatable bonds is 8. The predicted molar refractivity (Wildman–Crippen MR) is 103 cm³/mol. The number of hydrogen-bond acceptors (Lipinski definition) is 7. The number of nitrogens with zero attached hydrogens (tertiary/aromatic N) is 5. The highest BCUT2D eigenvalue weighted by molar-refractivity contribution is 5.97. The lowest BCUT2D eigenvalue weighted by molar-refractivity contribution is 0.100. The topological polar surface area (TPSA) is 123 Å². The third-order valence-corrected chi connectivity index (χ3v) is 3.34. The SMILES string of the molecule is C=CCC/C=N/Nc1nc(Nc2cnn(C(C)(C)C)c2)ncc1C(N)=O. The number of amides is 1.